The molecular weight excluding hydrogens is 182 g/mol. The Kier molecular flexibility index (Phi) is 2.59. The summed E-state index contributed by atoms with van der Waals surface area (Å²) in [6.07, 6.45) is 1.28. The minimum atomic E-state index is 0.259. The summed E-state index contributed by atoms with van der Waals surface area (Å²) in [7, 11) is 0. The van der Waals surface area contributed by atoms with E-state index in [1.807, 2.05) is 0 Å². The van der Waals surface area contributed by atoms with Gasteiger partial charge < -0.3 is 5.73 Å². The van der Waals surface area contributed by atoms with E-state index in [1.165, 1.54) is 17.5 Å². The first-order valence-electron chi connectivity index (χ1n) is 5.83. The fraction of sp³-hybridized carbons (Fsp3) is 0.571. The molecule has 1 aromatic carbocycles. The van der Waals surface area contributed by atoms with E-state index in [0.29, 0.717) is 0 Å². The first-order chi connectivity index (χ1) is 7.02. The summed E-state index contributed by atoms with van der Waals surface area (Å²) in [5, 5.41) is 0. The second-order valence-electron chi connectivity index (χ2n) is 5.71. The van der Waals surface area contributed by atoms with Gasteiger partial charge in [-0.15, -0.1) is 0 Å². The van der Waals surface area contributed by atoms with E-state index >= 15 is 0 Å². The fourth-order valence-corrected chi connectivity index (χ4v) is 2.15. The topological polar surface area (TPSA) is 26.0 Å². The zero-order chi connectivity index (χ0) is 11.1. The van der Waals surface area contributed by atoms with Gasteiger partial charge in [-0.3, -0.25) is 0 Å². The first kappa shape index (κ1) is 10.7. The van der Waals surface area contributed by atoms with E-state index in [4.69, 9.17) is 5.73 Å². The number of hydrogen-bond donors (Lipinski definition) is 1. The number of rotatable bonds is 2. The molecule has 0 amide bonds. The molecule has 1 aliphatic rings. The molecule has 82 valence electrons. The van der Waals surface area contributed by atoms with E-state index in [1.54, 1.807) is 0 Å². The molecule has 0 spiro atoms. The van der Waals surface area contributed by atoms with Crippen molar-refractivity contribution >= 4 is 0 Å². The largest absolute Gasteiger partial charge is 0.330 e. The van der Waals surface area contributed by atoms with E-state index in [-0.39, 0.29) is 5.41 Å². The summed E-state index contributed by atoms with van der Waals surface area (Å²) < 4.78 is 0. The molecule has 0 heterocycles. The Morgan fingerprint density at radius 3 is 2.20 bits per heavy atom. The molecule has 0 bridgehead atoms. The van der Waals surface area contributed by atoms with Crippen LogP contribution in [0, 0.1) is 5.92 Å². The zero-order valence-corrected chi connectivity index (χ0v) is 9.96. The molecule has 1 saturated carbocycles. The van der Waals surface area contributed by atoms with Gasteiger partial charge in [-0.25, -0.2) is 0 Å². The van der Waals surface area contributed by atoms with Crippen molar-refractivity contribution in [1.82, 2.24) is 0 Å². The molecular formula is C14H21N. The van der Waals surface area contributed by atoms with Crippen LogP contribution in [0.15, 0.2) is 24.3 Å². The Labute approximate surface area is 92.7 Å². The second-order valence-corrected chi connectivity index (χ2v) is 5.71. The lowest BCUT2D eigenvalue weighted by Crippen LogP contribution is -2.10. The molecule has 1 aromatic rings. The maximum Gasteiger partial charge on any atom is -0.00428 e. The smallest absolute Gasteiger partial charge is 0.00428 e. The van der Waals surface area contributed by atoms with Crippen molar-refractivity contribution in [2.24, 2.45) is 11.7 Å². The van der Waals surface area contributed by atoms with E-state index in [0.717, 1.165) is 18.4 Å². The van der Waals surface area contributed by atoms with E-state index in [9.17, 15) is 0 Å². The molecule has 2 atom stereocenters. The maximum atomic E-state index is 5.66. The normalized spacial score (nSPS) is 25.3. The lowest BCUT2D eigenvalue weighted by molar-refractivity contribution is 0.590. The zero-order valence-electron chi connectivity index (χ0n) is 9.96. The maximum absolute atomic E-state index is 5.66. The van der Waals surface area contributed by atoms with Gasteiger partial charge in [-0.2, -0.15) is 0 Å². The summed E-state index contributed by atoms with van der Waals surface area (Å²) in [6, 6.07) is 9.09. The highest BCUT2D eigenvalue weighted by molar-refractivity contribution is 5.32. The Balaban J connectivity index is 2.12. The molecule has 1 nitrogen and oxygen atoms in total. The minimum absolute atomic E-state index is 0.259. The van der Waals surface area contributed by atoms with Crippen molar-refractivity contribution in [2.45, 2.75) is 38.5 Å². The number of benzene rings is 1. The van der Waals surface area contributed by atoms with Gasteiger partial charge in [0.1, 0.15) is 0 Å². The Bertz CT molecular complexity index is 331. The molecule has 1 fully saturated rings. The van der Waals surface area contributed by atoms with Gasteiger partial charge in [0.05, 0.1) is 0 Å². The molecule has 2 N–H and O–H groups in total. The molecule has 2 unspecified atom stereocenters. The first-order valence-corrected chi connectivity index (χ1v) is 5.83. The SMILES string of the molecule is CC(C)(C)c1ccc(C2CC2CN)cc1. The van der Waals surface area contributed by atoms with Gasteiger partial charge in [-0.1, -0.05) is 45.0 Å². The van der Waals surface area contributed by atoms with Crippen molar-refractivity contribution < 1.29 is 0 Å². The van der Waals surface area contributed by atoms with Crippen LogP contribution in [0.3, 0.4) is 0 Å². The van der Waals surface area contributed by atoms with Crippen LogP contribution in [-0.4, -0.2) is 6.54 Å². The average Bonchev–Trinajstić information content (AvgIpc) is 2.95. The Hall–Kier alpha value is -0.820. The van der Waals surface area contributed by atoms with Gasteiger partial charge in [0.25, 0.3) is 0 Å². The molecule has 2 rings (SSSR count). The van der Waals surface area contributed by atoms with Gasteiger partial charge in [0.2, 0.25) is 0 Å². The predicted molar refractivity (Wildman–Crippen MR) is 65.0 cm³/mol. The average molecular weight is 203 g/mol. The molecule has 0 saturated heterocycles. The molecule has 0 radical (unpaired) electrons. The summed E-state index contributed by atoms with van der Waals surface area (Å²) in [6.45, 7) is 7.59. The van der Waals surface area contributed by atoms with Crippen LogP contribution in [-0.2, 0) is 5.41 Å². The highest BCUT2D eigenvalue weighted by Crippen LogP contribution is 2.46. The lowest BCUT2D eigenvalue weighted by Gasteiger charge is -2.19. The lowest BCUT2D eigenvalue weighted by atomic mass is 9.86. The highest BCUT2D eigenvalue weighted by Gasteiger charge is 2.36. The predicted octanol–water partition coefficient (Wildman–Crippen LogP) is 3.05. The third-order valence-electron chi connectivity index (χ3n) is 3.43. The van der Waals surface area contributed by atoms with Crippen molar-refractivity contribution in [3.05, 3.63) is 35.4 Å². The van der Waals surface area contributed by atoms with Crippen LogP contribution in [0.4, 0.5) is 0 Å². The summed E-state index contributed by atoms with van der Waals surface area (Å²) in [5.41, 5.74) is 8.80. The van der Waals surface area contributed by atoms with Crippen molar-refractivity contribution in [3.8, 4) is 0 Å². The Morgan fingerprint density at radius 1 is 1.20 bits per heavy atom. The van der Waals surface area contributed by atoms with Crippen LogP contribution in [0.25, 0.3) is 0 Å². The third-order valence-corrected chi connectivity index (χ3v) is 3.43. The molecule has 1 aliphatic carbocycles. The van der Waals surface area contributed by atoms with Gasteiger partial charge in [0, 0.05) is 0 Å². The summed E-state index contributed by atoms with van der Waals surface area (Å²) in [5.74, 6) is 1.48. The van der Waals surface area contributed by atoms with Crippen LogP contribution >= 0.6 is 0 Å². The van der Waals surface area contributed by atoms with Crippen LogP contribution in [0.2, 0.25) is 0 Å². The van der Waals surface area contributed by atoms with E-state index < -0.39 is 0 Å². The minimum Gasteiger partial charge on any atom is -0.330 e. The second kappa shape index (κ2) is 3.64. The van der Waals surface area contributed by atoms with Gasteiger partial charge >= 0.3 is 0 Å². The third kappa shape index (κ3) is 2.23. The standard InChI is InChI=1S/C14H21N/c1-14(2,3)12-6-4-10(5-7-12)13-8-11(13)9-15/h4-7,11,13H,8-9,15H2,1-3H3. The summed E-state index contributed by atoms with van der Waals surface area (Å²) >= 11 is 0. The monoisotopic (exact) mass is 203 g/mol. The number of nitrogens with two attached hydrogens (primary N) is 1. The molecule has 15 heavy (non-hydrogen) atoms. The van der Waals surface area contributed by atoms with E-state index in [2.05, 4.69) is 45.0 Å². The van der Waals surface area contributed by atoms with Gasteiger partial charge in [-0.05, 0) is 41.3 Å². The summed E-state index contributed by atoms with van der Waals surface area (Å²) in [4.78, 5) is 0. The van der Waals surface area contributed by atoms with Crippen LogP contribution < -0.4 is 5.73 Å². The van der Waals surface area contributed by atoms with Crippen molar-refractivity contribution in [1.29, 1.82) is 0 Å². The quantitative estimate of drug-likeness (QED) is 0.785. The van der Waals surface area contributed by atoms with Crippen LogP contribution in [0.5, 0.6) is 0 Å². The molecule has 0 aromatic heterocycles. The van der Waals surface area contributed by atoms with Crippen LogP contribution in [0.1, 0.15) is 44.2 Å². The highest BCUT2D eigenvalue weighted by atomic mass is 14.6. The number of hydrogen-bond acceptors (Lipinski definition) is 1. The van der Waals surface area contributed by atoms with Gasteiger partial charge in [0.15, 0.2) is 0 Å². The molecule has 0 aliphatic heterocycles. The van der Waals surface area contributed by atoms with Crippen molar-refractivity contribution in [2.75, 3.05) is 6.54 Å². The van der Waals surface area contributed by atoms with Crippen molar-refractivity contribution in [3.63, 3.8) is 0 Å². The fourth-order valence-electron chi connectivity index (χ4n) is 2.15. The Morgan fingerprint density at radius 2 is 1.80 bits per heavy atom. The molecule has 1 heteroatoms.